The fourth-order valence-corrected chi connectivity index (χ4v) is 3.18. The van der Waals surface area contributed by atoms with Gasteiger partial charge in [0.25, 0.3) is 0 Å². The summed E-state index contributed by atoms with van der Waals surface area (Å²) >= 11 is 0. The molecule has 0 spiro atoms. The monoisotopic (exact) mass is 422 g/mol. The molecule has 0 unspecified atom stereocenters. The molecule has 0 fully saturated rings. The van der Waals surface area contributed by atoms with Crippen LogP contribution in [0.1, 0.15) is 23.1 Å². The van der Waals surface area contributed by atoms with Crippen LogP contribution in [0.2, 0.25) is 0 Å². The summed E-state index contributed by atoms with van der Waals surface area (Å²) in [7, 11) is 3.78. The summed E-state index contributed by atoms with van der Waals surface area (Å²) < 4.78 is 49.7. The van der Waals surface area contributed by atoms with Gasteiger partial charge in [-0.15, -0.1) is 0 Å². The molecule has 1 heterocycles. The van der Waals surface area contributed by atoms with Crippen molar-refractivity contribution in [2.24, 2.45) is 0 Å². The van der Waals surface area contributed by atoms with Crippen LogP contribution in [0.15, 0.2) is 42.5 Å². The summed E-state index contributed by atoms with van der Waals surface area (Å²) in [4.78, 5) is 16.4. The SMILES string of the molecule is CN(C)CCN(Cc1cccc(C(F)(F)F)c1)C(=O)CCc1ccc2c(c1)OCO2. The number of hydrogen-bond acceptors (Lipinski definition) is 4. The quantitative estimate of drug-likeness (QED) is 0.646. The molecule has 162 valence electrons. The molecule has 0 saturated carbocycles. The van der Waals surface area contributed by atoms with Crippen LogP contribution >= 0.6 is 0 Å². The lowest BCUT2D eigenvalue weighted by molar-refractivity contribution is -0.137. The maximum Gasteiger partial charge on any atom is 0.416 e. The molecule has 5 nitrogen and oxygen atoms in total. The number of aryl methyl sites for hydroxylation is 1. The van der Waals surface area contributed by atoms with Crippen LogP contribution in [0.3, 0.4) is 0 Å². The van der Waals surface area contributed by atoms with Gasteiger partial charge in [0.2, 0.25) is 12.7 Å². The fourth-order valence-electron chi connectivity index (χ4n) is 3.18. The van der Waals surface area contributed by atoms with Gasteiger partial charge in [0.1, 0.15) is 0 Å². The van der Waals surface area contributed by atoms with Crippen LogP contribution in [0.4, 0.5) is 13.2 Å². The number of rotatable bonds is 8. The Kier molecular flexibility index (Phi) is 6.87. The molecule has 0 saturated heterocycles. The lowest BCUT2D eigenvalue weighted by atomic mass is 10.1. The van der Waals surface area contributed by atoms with Crippen LogP contribution in [-0.4, -0.2) is 49.7 Å². The minimum absolute atomic E-state index is 0.105. The highest BCUT2D eigenvalue weighted by atomic mass is 19.4. The van der Waals surface area contributed by atoms with Crippen molar-refractivity contribution in [3.63, 3.8) is 0 Å². The first-order valence-electron chi connectivity index (χ1n) is 9.69. The highest BCUT2D eigenvalue weighted by Gasteiger charge is 2.30. The molecular weight excluding hydrogens is 397 g/mol. The average molecular weight is 422 g/mol. The number of nitrogens with zero attached hydrogens (tertiary/aromatic N) is 2. The predicted molar refractivity (Wildman–Crippen MR) is 106 cm³/mol. The van der Waals surface area contributed by atoms with E-state index in [1.54, 1.807) is 11.0 Å². The summed E-state index contributed by atoms with van der Waals surface area (Å²) in [5.74, 6) is 1.24. The van der Waals surface area contributed by atoms with Gasteiger partial charge < -0.3 is 19.3 Å². The van der Waals surface area contributed by atoms with Gasteiger partial charge in [0, 0.05) is 26.1 Å². The zero-order chi connectivity index (χ0) is 21.7. The van der Waals surface area contributed by atoms with Crippen molar-refractivity contribution in [2.75, 3.05) is 34.0 Å². The number of benzene rings is 2. The Bertz CT molecular complexity index is 884. The zero-order valence-electron chi connectivity index (χ0n) is 17.0. The molecule has 0 atom stereocenters. The molecule has 30 heavy (non-hydrogen) atoms. The minimum Gasteiger partial charge on any atom is -0.454 e. The van der Waals surface area contributed by atoms with E-state index in [4.69, 9.17) is 9.47 Å². The van der Waals surface area contributed by atoms with E-state index in [-0.39, 0.29) is 25.7 Å². The van der Waals surface area contributed by atoms with Crippen LogP contribution in [0, 0.1) is 0 Å². The first-order valence-corrected chi connectivity index (χ1v) is 9.69. The molecular formula is C22H25F3N2O3. The number of ether oxygens (including phenoxy) is 2. The summed E-state index contributed by atoms with van der Waals surface area (Å²) in [6.07, 6.45) is -3.64. The Morgan fingerprint density at radius 3 is 2.50 bits per heavy atom. The highest BCUT2D eigenvalue weighted by Crippen LogP contribution is 2.33. The van der Waals surface area contributed by atoms with E-state index in [0.29, 0.717) is 36.6 Å². The van der Waals surface area contributed by atoms with Gasteiger partial charge in [-0.25, -0.2) is 0 Å². The van der Waals surface area contributed by atoms with E-state index in [9.17, 15) is 18.0 Å². The maximum atomic E-state index is 13.0. The number of alkyl halides is 3. The van der Waals surface area contributed by atoms with Gasteiger partial charge in [-0.1, -0.05) is 18.2 Å². The number of amides is 1. The summed E-state index contributed by atoms with van der Waals surface area (Å²) in [5.41, 5.74) is 0.694. The smallest absolute Gasteiger partial charge is 0.416 e. The lowest BCUT2D eigenvalue weighted by Crippen LogP contribution is -2.36. The van der Waals surface area contributed by atoms with E-state index in [1.807, 2.05) is 37.2 Å². The molecule has 2 aromatic rings. The first-order chi connectivity index (χ1) is 14.2. The van der Waals surface area contributed by atoms with Crippen molar-refractivity contribution < 1.29 is 27.4 Å². The standard InChI is InChI=1S/C22H25F3N2O3/c1-26(2)10-11-27(14-17-4-3-5-18(12-17)22(23,24)25)21(28)9-7-16-6-8-19-20(13-16)30-15-29-19/h3-6,8,12-13H,7,9-11,14-15H2,1-2H3. The lowest BCUT2D eigenvalue weighted by Gasteiger charge is -2.25. The number of carbonyl (C=O) groups is 1. The van der Waals surface area contributed by atoms with Crippen molar-refractivity contribution in [2.45, 2.75) is 25.6 Å². The Labute approximate surface area is 174 Å². The third kappa shape index (κ3) is 5.89. The molecule has 0 radical (unpaired) electrons. The van der Waals surface area contributed by atoms with Crippen molar-refractivity contribution in [3.8, 4) is 11.5 Å². The van der Waals surface area contributed by atoms with Gasteiger partial charge in [0.05, 0.1) is 5.56 Å². The van der Waals surface area contributed by atoms with Crippen molar-refractivity contribution >= 4 is 5.91 Å². The Balaban J connectivity index is 1.67. The normalized spacial score (nSPS) is 13.0. The van der Waals surface area contributed by atoms with Crippen LogP contribution in [-0.2, 0) is 23.9 Å². The summed E-state index contributed by atoms with van der Waals surface area (Å²) in [6.45, 7) is 1.38. The number of halogens is 3. The molecule has 2 aromatic carbocycles. The van der Waals surface area contributed by atoms with E-state index in [1.165, 1.54) is 6.07 Å². The van der Waals surface area contributed by atoms with Crippen LogP contribution in [0.25, 0.3) is 0 Å². The van der Waals surface area contributed by atoms with Gasteiger partial charge in [-0.3, -0.25) is 4.79 Å². The van der Waals surface area contributed by atoms with Gasteiger partial charge in [-0.05, 0) is 55.9 Å². The third-order valence-corrected chi connectivity index (χ3v) is 4.86. The van der Waals surface area contributed by atoms with Crippen LogP contribution < -0.4 is 9.47 Å². The highest BCUT2D eigenvalue weighted by molar-refractivity contribution is 5.76. The second kappa shape index (κ2) is 9.38. The zero-order valence-corrected chi connectivity index (χ0v) is 17.0. The second-order valence-electron chi connectivity index (χ2n) is 7.50. The summed E-state index contributed by atoms with van der Waals surface area (Å²) in [5, 5.41) is 0. The first kappa shape index (κ1) is 22.0. The topological polar surface area (TPSA) is 42.0 Å². The predicted octanol–water partition coefficient (Wildman–Crippen LogP) is 3.96. The Hall–Kier alpha value is -2.74. The van der Waals surface area contributed by atoms with Gasteiger partial charge in [0.15, 0.2) is 11.5 Å². The molecule has 0 aliphatic carbocycles. The Morgan fingerprint density at radius 2 is 1.77 bits per heavy atom. The third-order valence-electron chi connectivity index (χ3n) is 4.86. The number of carbonyl (C=O) groups excluding carboxylic acids is 1. The molecule has 1 aliphatic heterocycles. The molecule has 8 heteroatoms. The largest absolute Gasteiger partial charge is 0.454 e. The molecule has 0 bridgehead atoms. The summed E-state index contributed by atoms with van der Waals surface area (Å²) in [6, 6.07) is 10.7. The second-order valence-corrected chi connectivity index (χ2v) is 7.50. The molecule has 1 amide bonds. The van der Waals surface area contributed by atoms with E-state index in [0.717, 1.165) is 17.7 Å². The van der Waals surface area contributed by atoms with E-state index >= 15 is 0 Å². The average Bonchev–Trinajstić information content (AvgIpc) is 3.16. The van der Waals surface area contributed by atoms with Crippen LogP contribution in [0.5, 0.6) is 11.5 Å². The molecule has 0 N–H and O–H groups in total. The number of hydrogen-bond donors (Lipinski definition) is 0. The van der Waals surface area contributed by atoms with Crippen molar-refractivity contribution in [1.82, 2.24) is 9.80 Å². The molecule has 1 aliphatic rings. The minimum atomic E-state index is -4.41. The van der Waals surface area contributed by atoms with E-state index < -0.39 is 11.7 Å². The molecule has 0 aromatic heterocycles. The fraction of sp³-hybridized carbons (Fsp3) is 0.409. The Morgan fingerprint density at radius 1 is 1.00 bits per heavy atom. The maximum absolute atomic E-state index is 13.0. The van der Waals surface area contributed by atoms with Gasteiger partial charge in [-0.2, -0.15) is 13.2 Å². The van der Waals surface area contributed by atoms with E-state index in [2.05, 4.69) is 0 Å². The van der Waals surface area contributed by atoms with Gasteiger partial charge >= 0.3 is 6.18 Å². The number of likely N-dealkylation sites (N-methyl/N-ethyl adjacent to an activating group) is 1. The van der Waals surface area contributed by atoms with Crippen molar-refractivity contribution in [3.05, 3.63) is 59.2 Å². The molecule has 3 rings (SSSR count). The van der Waals surface area contributed by atoms with Crippen molar-refractivity contribution in [1.29, 1.82) is 0 Å². The number of fused-ring (bicyclic) bond motifs is 1.